The van der Waals surface area contributed by atoms with Crippen LogP contribution in [0, 0.1) is 22.7 Å². The maximum absolute atomic E-state index is 13.1. The number of hydrogen-bond acceptors (Lipinski definition) is 5. The Bertz CT molecular complexity index is 860. The number of hydrogen-bond donors (Lipinski definition) is 3. The van der Waals surface area contributed by atoms with E-state index in [-0.39, 0.29) is 42.7 Å². The predicted octanol–water partition coefficient (Wildman–Crippen LogP) is 2.59. The van der Waals surface area contributed by atoms with E-state index in [0.29, 0.717) is 25.2 Å². The van der Waals surface area contributed by atoms with E-state index in [0.717, 1.165) is 19.3 Å². The van der Waals surface area contributed by atoms with Gasteiger partial charge in [-0.3, -0.25) is 9.59 Å². The number of carbonyl (C=O) groups is 2. The van der Waals surface area contributed by atoms with E-state index in [4.69, 9.17) is 10.5 Å². The molecule has 0 heterocycles. The van der Waals surface area contributed by atoms with E-state index in [1.54, 1.807) is 0 Å². The molecule has 170 valence electrons. The normalized spacial score (nSPS) is 41.0. The highest BCUT2D eigenvalue weighted by molar-refractivity contribution is 5.89. The van der Waals surface area contributed by atoms with Gasteiger partial charge in [0.25, 0.3) is 0 Å². The van der Waals surface area contributed by atoms with Gasteiger partial charge in [0.15, 0.2) is 5.78 Å². The number of primary amides is 1. The minimum absolute atomic E-state index is 0.135. The number of carbonyl (C=O) groups excluding carboxylic acids is 2. The molecule has 0 aliphatic heterocycles. The third-order valence-electron chi connectivity index (χ3n) is 8.61. The molecule has 31 heavy (non-hydrogen) atoms. The van der Waals surface area contributed by atoms with Crippen molar-refractivity contribution in [2.45, 2.75) is 70.5 Å². The summed E-state index contributed by atoms with van der Waals surface area (Å²) in [6, 6.07) is 0. The number of allylic oxidation sites excluding steroid dienone is 4. The quantitative estimate of drug-likeness (QED) is 0.426. The first-order valence-corrected chi connectivity index (χ1v) is 11.5. The summed E-state index contributed by atoms with van der Waals surface area (Å²) in [5.74, 6) is -0.0586. The molecule has 2 fully saturated rings. The highest BCUT2D eigenvalue weighted by atomic mass is 16.5. The summed E-state index contributed by atoms with van der Waals surface area (Å²) < 4.78 is 5.48. The standard InChI is InChI=1S/C25H35NO5/c1-23-10-7-17(27)14-16(23)5-6-18-19(23)8-11-24(2)20(18)9-12-25(24,30)21(28)15-31-13-3-4-22(26)29/h7-8,10,14,17-18,20,27,30H,3-6,9,11-13,15H2,1-2H3,(H2,26,29)/t17?,18?,20?,23-,24-,25-/m0/s1. The second-order valence-electron chi connectivity index (χ2n) is 10.2. The molecule has 0 radical (unpaired) electrons. The lowest BCUT2D eigenvalue weighted by Crippen LogP contribution is -2.55. The van der Waals surface area contributed by atoms with Crippen LogP contribution in [0.1, 0.15) is 58.8 Å². The smallest absolute Gasteiger partial charge is 0.217 e. The highest BCUT2D eigenvalue weighted by Crippen LogP contribution is 2.65. The SMILES string of the molecule is C[C@]12C=CC(O)C=C1CCC1C2=CC[C@@]2(C)C1CC[C@]2(O)C(=O)COCCCC(N)=O. The number of fused-ring (bicyclic) bond motifs is 5. The molecule has 6 atom stereocenters. The Morgan fingerprint density at radius 2 is 2.06 bits per heavy atom. The van der Waals surface area contributed by atoms with Crippen LogP contribution in [0.4, 0.5) is 0 Å². The van der Waals surface area contributed by atoms with Crippen LogP contribution in [0.15, 0.2) is 35.5 Å². The summed E-state index contributed by atoms with van der Waals surface area (Å²) in [5, 5.41) is 21.6. The molecule has 3 unspecified atom stereocenters. The molecule has 2 saturated carbocycles. The zero-order valence-corrected chi connectivity index (χ0v) is 18.6. The predicted molar refractivity (Wildman–Crippen MR) is 117 cm³/mol. The number of aliphatic hydroxyl groups excluding tert-OH is 1. The van der Waals surface area contributed by atoms with Gasteiger partial charge < -0.3 is 20.7 Å². The number of Topliss-reactive ketones (excluding diaryl/α,β-unsaturated/α-hetero) is 1. The van der Waals surface area contributed by atoms with E-state index in [9.17, 15) is 19.8 Å². The van der Waals surface area contributed by atoms with Gasteiger partial charge in [-0.15, -0.1) is 0 Å². The number of ketones is 1. The van der Waals surface area contributed by atoms with E-state index >= 15 is 0 Å². The van der Waals surface area contributed by atoms with Crippen LogP contribution < -0.4 is 5.73 Å². The van der Waals surface area contributed by atoms with E-state index in [1.807, 2.05) is 12.2 Å². The lowest BCUT2D eigenvalue weighted by atomic mass is 9.51. The van der Waals surface area contributed by atoms with Gasteiger partial charge in [0.1, 0.15) is 12.2 Å². The summed E-state index contributed by atoms with van der Waals surface area (Å²) in [5.41, 5.74) is 5.73. The maximum atomic E-state index is 13.1. The Hall–Kier alpha value is -1.76. The molecule has 4 N–H and O–H groups in total. The molecule has 0 saturated heterocycles. The molecule has 4 aliphatic rings. The third kappa shape index (κ3) is 3.53. The maximum Gasteiger partial charge on any atom is 0.217 e. The molecule has 0 aromatic rings. The fourth-order valence-electron chi connectivity index (χ4n) is 6.74. The first kappa shape index (κ1) is 22.4. The monoisotopic (exact) mass is 429 g/mol. The minimum atomic E-state index is -1.39. The Labute approximate surface area is 184 Å². The van der Waals surface area contributed by atoms with Crippen LogP contribution in [-0.4, -0.2) is 46.8 Å². The number of rotatable bonds is 7. The number of amides is 1. The van der Waals surface area contributed by atoms with Crippen molar-refractivity contribution in [2.75, 3.05) is 13.2 Å². The fraction of sp³-hybridized carbons (Fsp3) is 0.680. The van der Waals surface area contributed by atoms with Crippen LogP contribution in [0.5, 0.6) is 0 Å². The molecule has 0 aromatic heterocycles. The minimum Gasteiger partial charge on any atom is -0.385 e. The highest BCUT2D eigenvalue weighted by Gasteiger charge is 2.64. The van der Waals surface area contributed by atoms with Crippen LogP contribution in [-0.2, 0) is 14.3 Å². The van der Waals surface area contributed by atoms with E-state index in [2.05, 4.69) is 26.0 Å². The molecule has 1 amide bonds. The summed E-state index contributed by atoms with van der Waals surface area (Å²) in [6.45, 7) is 4.44. The Balaban J connectivity index is 1.51. The lowest BCUT2D eigenvalue weighted by molar-refractivity contribution is -0.157. The summed E-state index contributed by atoms with van der Waals surface area (Å²) >= 11 is 0. The summed E-state index contributed by atoms with van der Waals surface area (Å²) in [4.78, 5) is 23.9. The number of aliphatic hydroxyl groups is 2. The average Bonchev–Trinajstić information content (AvgIpc) is 3.00. The zero-order valence-electron chi connectivity index (χ0n) is 18.6. The number of ether oxygens (including phenoxy) is 1. The topological polar surface area (TPSA) is 110 Å². The average molecular weight is 430 g/mol. The Morgan fingerprint density at radius 1 is 1.29 bits per heavy atom. The van der Waals surface area contributed by atoms with E-state index in [1.165, 1.54) is 11.1 Å². The Kier molecular flexibility index (Phi) is 5.78. The van der Waals surface area contributed by atoms with Gasteiger partial charge in [-0.25, -0.2) is 0 Å². The van der Waals surface area contributed by atoms with Gasteiger partial charge >= 0.3 is 0 Å². The van der Waals surface area contributed by atoms with Crippen molar-refractivity contribution in [2.24, 2.45) is 28.4 Å². The second kappa shape index (κ2) is 7.98. The van der Waals surface area contributed by atoms with Crippen molar-refractivity contribution in [3.63, 3.8) is 0 Å². The lowest BCUT2D eigenvalue weighted by Gasteiger charge is -2.53. The van der Waals surface area contributed by atoms with Gasteiger partial charge in [0.2, 0.25) is 5.91 Å². The van der Waals surface area contributed by atoms with Crippen molar-refractivity contribution < 1.29 is 24.5 Å². The van der Waals surface area contributed by atoms with Crippen molar-refractivity contribution in [1.29, 1.82) is 0 Å². The first-order chi connectivity index (χ1) is 14.6. The molecule has 4 aliphatic carbocycles. The third-order valence-corrected chi connectivity index (χ3v) is 8.61. The molecular weight excluding hydrogens is 394 g/mol. The van der Waals surface area contributed by atoms with Crippen molar-refractivity contribution in [3.8, 4) is 0 Å². The molecule has 0 bridgehead atoms. The number of nitrogens with two attached hydrogens (primary N) is 1. The van der Waals surface area contributed by atoms with Crippen LogP contribution >= 0.6 is 0 Å². The van der Waals surface area contributed by atoms with Gasteiger partial charge in [0.05, 0.1) is 6.10 Å². The zero-order chi connectivity index (χ0) is 22.4. The van der Waals surface area contributed by atoms with E-state index < -0.39 is 17.1 Å². The molecule has 6 nitrogen and oxygen atoms in total. The second-order valence-corrected chi connectivity index (χ2v) is 10.2. The van der Waals surface area contributed by atoms with Gasteiger partial charge in [-0.2, -0.15) is 0 Å². The summed E-state index contributed by atoms with van der Waals surface area (Å²) in [6.07, 6.45) is 12.3. The molecule has 0 aromatic carbocycles. The first-order valence-electron chi connectivity index (χ1n) is 11.5. The van der Waals surface area contributed by atoms with Crippen LogP contribution in [0.3, 0.4) is 0 Å². The van der Waals surface area contributed by atoms with Crippen molar-refractivity contribution >= 4 is 11.7 Å². The van der Waals surface area contributed by atoms with Crippen LogP contribution in [0.25, 0.3) is 0 Å². The van der Waals surface area contributed by atoms with Crippen molar-refractivity contribution in [3.05, 3.63) is 35.5 Å². The summed E-state index contributed by atoms with van der Waals surface area (Å²) in [7, 11) is 0. The molecular formula is C25H35NO5. The van der Waals surface area contributed by atoms with Crippen molar-refractivity contribution in [1.82, 2.24) is 0 Å². The fourth-order valence-corrected chi connectivity index (χ4v) is 6.74. The molecule has 4 rings (SSSR count). The molecule has 0 spiro atoms. The molecule has 6 heteroatoms. The van der Waals surface area contributed by atoms with Gasteiger partial charge in [-0.1, -0.05) is 42.4 Å². The largest absolute Gasteiger partial charge is 0.385 e. The Morgan fingerprint density at radius 3 is 2.81 bits per heavy atom. The van der Waals surface area contributed by atoms with Gasteiger partial charge in [-0.05, 0) is 57.3 Å². The van der Waals surface area contributed by atoms with Gasteiger partial charge in [0, 0.05) is 23.9 Å². The van der Waals surface area contributed by atoms with Crippen LogP contribution in [0.2, 0.25) is 0 Å².